The molecule has 0 unspecified atom stereocenters. The van der Waals surface area contributed by atoms with E-state index in [1.807, 2.05) is 6.92 Å². The van der Waals surface area contributed by atoms with Gasteiger partial charge in [0.2, 0.25) is 6.79 Å². The van der Waals surface area contributed by atoms with Gasteiger partial charge in [-0.25, -0.2) is 4.98 Å². The quantitative estimate of drug-likeness (QED) is 0.653. The number of nitro benzene ring substituents is 1. The maximum atomic E-state index is 11.1. The Morgan fingerprint density at radius 1 is 1.45 bits per heavy atom. The predicted octanol–water partition coefficient (Wildman–Crippen LogP) is 1.97. The fourth-order valence-electron chi connectivity index (χ4n) is 1.98. The Morgan fingerprint density at radius 2 is 2.20 bits per heavy atom. The normalized spacial score (nSPS) is 12.4. The van der Waals surface area contributed by atoms with Crippen molar-refractivity contribution >= 4 is 11.4 Å². The summed E-state index contributed by atoms with van der Waals surface area (Å²) < 4.78 is 10.4. The van der Waals surface area contributed by atoms with Crippen LogP contribution < -0.4 is 14.8 Å². The third-order valence-corrected chi connectivity index (χ3v) is 2.91. The molecule has 20 heavy (non-hydrogen) atoms. The van der Waals surface area contributed by atoms with Gasteiger partial charge in [0.05, 0.1) is 29.4 Å². The Labute approximate surface area is 113 Å². The third-order valence-electron chi connectivity index (χ3n) is 2.91. The zero-order chi connectivity index (χ0) is 14.1. The van der Waals surface area contributed by atoms with Crippen LogP contribution in [0, 0.1) is 17.0 Å². The molecular weight excluding hydrogens is 264 g/mol. The Morgan fingerprint density at radius 3 is 2.85 bits per heavy atom. The molecule has 0 saturated heterocycles. The van der Waals surface area contributed by atoms with E-state index in [1.54, 1.807) is 12.3 Å². The number of fused-ring (bicyclic) bond motifs is 1. The van der Waals surface area contributed by atoms with Gasteiger partial charge in [-0.1, -0.05) is 0 Å². The van der Waals surface area contributed by atoms with Gasteiger partial charge >= 0.3 is 0 Å². The van der Waals surface area contributed by atoms with Gasteiger partial charge in [0.25, 0.3) is 5.69 Å². The molecule has 2 heterocycles. The zero-order valence-electron chi connectivity index (χ0n) is 10.7. The van der Waals surface area contributed by atoms with E-state index in [2.05, 4.69) is 15.3 Å². The van der Waals surface area contributed by atoms with Crippen LogP contribution in [-0.2, 0) is 6.54 Å². The number of imidazole rings is 1. The number of aromatic nitrogens is 2. The van der Waals surface area contributed by atoms with Gasteiger partial charge in [0, 0.05) is 6.07 Å². The van der Waals surface area contributed by atoms with Crippen LogP contribution in [0.2, 0.25) is 0 Å². The number of hydrogen-bond donors (Lipinski definition) is 2. The SMILES string of the molecule is Cc1ncc(CNc2cc3c(cc2[N+](=O)[O-])OCO3)[nH]1. The molecule has 8 nitrogen and oxygen atoms in total. The molecule has 2 N–H and O–H groups in total. The lowest BCUT2D eigenvalue weighted by atomic mass is 10.2. The van der Waals surface area contributed by atoms with E-state index >= 15 is 0 Å². The summed E-state index contributed by atoms with van der Waals surface area (Å²) in [7, 11) is 0. The smallest absolute Gasteiger partial charge is 0.296 e. The first-order chi connectivity index (χ1) is 9.63. The molecule has 0 radical (unpaired) electrons. The van der Waals surface area contributed by atoms with Crippen molar-refractivity contribution in [3.8, 4) is 11.5 Å². The van der Waals surface area contributed by atoms with Crippen LogP contribution in [0.1, 0.15) is 11.5 Å². The number of rotatable bonds is 4. The van der Waals surface area contributed by atoms with Crippen molar-refractivity contribution in [1.29, 1.82) is 0 Å². The van der Waals surface area contributed by atoms with Gasteiger partial charge in [0.1, 0.15) is 11.5 Å². The summed E-state index contributed by atoms with van der Waals surface area (Å²) in [6, 6.07) is 2.94. The lowest BCUT2D eigenvalue weighted by molar-refractivity contribution is -0.384. The summed E-state index contributed by atoms with van der Waals surface area (Å²) >= 11 is 0. The Kier molecular flexibility index (Phi) is 2.90. The van der Waals surface area contributed by atoms with E-state index in [9.17, 15) is 10.1 Å². The average Bonchev–Trinajstić information content (AvgIpc) is 3.03. The van der Waals surface area contributed by atoms with Crippen LogP contribution in [0.4, 0.5) is 11.4 Å². The van der Waals surface area contributed by atoms with Crippen LogP contribution in [0.5, 0.6) is 11.5 Å². The van der Waals surface area contributed by atoms with E-state index in [-0.39, 0.29) is 12.5 Å². The summed E-state index contributed by atoms with van der Waals surface area (Å²) in [5.74, 6) is 1.68. The summed E-state index contributed by atoms with van der Waals surface area (Å²) in [6.45, 7) is 2.32. The van der Waals surface area contributed by atoms with Crippen LogP contribution in [-0.4, -0.2) is 21.7 Å². The summed E-state index contributed by atoms with van der Waals surface area (Å²) in [6.07, 6.45) is 1.68. The second-order valence-corrected chi connectivity index (χ2v) is 4.33. The number of ether oxygens (including phenoxy) is 2. The van der Waals surface area contributed by atoms with Crippen LogP contribution in [0.15, 0.2) is 18.3 Å². The van der Waals surface area contributed by atoms with Crippen LogP contribution >= 0.6 is 0 Å². The lowest BCUT2D eigenvalue weighted by Crippen LogP contribution is -2.03. The molecular formula is C12H12N4O4. The summed E-state index contributed by atoms with van der Waals surface area (Å²) in [4.78, 5) is 17.7. The van der Waals surface area contributed by atoms with E-state index in [4.69, 9.17) is 9.47 Å². The van der Waals surface area contributed by atoms with Gasteiger partial charge in [-0.05, 0) is 6.92 Å². The average molecular weight is 276 g/mol. The van der Waals surface area contributed by atoms with Crippen molar-refractivity contribution in [3.63, 3.8) is 0 Å². The number of aryl methyl sites for hydroxylation is 1. The monoisotopic (exact) mass is 276 g/mol. The number of nitrogens with zero attached hydrogens (tertiary/aromatic N) is 2. The van der Waals surface area contributed by atoms with Gasteiger partial charge in [-0.3, -0.25) is 10.1 Å². The van der Waals surface area contributed by atoms with Crippen molar-refractivity contribution in [2.24, 2.45) is 0 Å². The molecule has 1 aliphatic rings. The fraction of sp³-hybridized carbons (Fsp3) is 0.250. The number of anilines is 1. The molecule has 2 aromatic rings. The highest BCUT2D eigenvalue weighted by Crippen LogP contribution is 2.40. The molecule has 0 fully saturated rings. The van der Waals surface area contributed by atoms with Crippen molar-refractivity contribution < 1.29 is 14.4 Å². The minimum atomic E-state index is -0.456. The number of nitrogens with one attached hydrogen (secondary N) is 2. The molecule has 1 aromatic heterocycles. The number of benzene rings is 1. The Bertz CT molecular complexity index is 667. The van der Waals surface area contributed by atoms with Crippen LogP contribution in [0.25, 0.3) is 0 Å². The van der Waals surface area contributed by atoms with Crippen molar-refractivity contribution in [1.82, 2.24) is 9.97 Å². The number of aromatic amines is 1. The second-order valence-electron chi connectivity index (χ2n) is 4.33. The Hall–Kier alpha value is -2.77. The minimum Gasteiger partial charge on any atom is -0.454 e. The summed E-state index contributed by atoms with van der Waals surface area (Å²) in [5, 5.41) is 14.1. The number of nitro groups is 1. The van der Waals surface area contributed by atoms with Crippen molar-refractivity contribution in [2.75, 3.05) is 12.1 Å². The maximum absolute atomic E-state index is 11.1. The van der Waals surface area contributed by atoms with Crippen molar-refractivity contribution in [3.05, 3.63) is 40.0 Å². The summed E-state index contributed by atoms with van der Waals surface area (Å²) in [5.41, 5.74) is 1.17. The zero-order valence-corrected chi connectivity index (χ0v) is 10.7. The molecule has 0 bridgehead atoms. The van der Waals surface area contributed by atoms with Gasteiger partial charge < -0.3 is 19.8 Å². The molecule has 0 spiro atoms. The fourth-order valence-corrected chi connectivity index (χ4v) is 1.98. The molecule has 0 amide bonds. The highest BCUT2D eigenvalue weighted by atomic mass is 16.7. The maximum Gasteiger partial charge on any atom is 0.296 e. The standard InChI is InChI=1S/C12H12N4O4/c1-7-13-4-8(15-7)5-14-9-2-11-12(20-6-19-11)3-10(9)16(17)18/h2-4,14H,5-6H2,1H3,(H,13,15). The first kappa shape index (κ1) is 12.3. The van der Waals surface area contributed by atoms with Crippen molar-refractivity contribution in [2.45, 2.75) is 13.5 Å². The topological polar surface area (TPSA) is 102 Å². The predicted molar refractivity (Wildman–Crippen MR) is 69.9 cm³/mol. The van der Waals surface area contributed by atoms with E-state index in [0.29, 0.717) is 23.7 Å². The molecule has 1 aromatic carbocycles. The second kappa shape index (κ2) is 4.72. The molecule has 3 rings (SSSR count). The van der Waals surface area contributed by atoms with Gasteiger partial charge in [-0.2, -0.15) is 0 Å². The Balaban J connectivity index is 1.86. The molecule has 1 aliphatic heterocycles. The lowest BCUT2D eigenvalue weighted by Gasteiger charge is -2.07. The van der Waals surface area contributed by atoms with E-state index < -0.39 is 4.92 Å². The largest absolute Gasteiger partial charge is 0.454 e. The first-order valence-electron chi connectivity index (χ1n) is 5.96. The van der Waals surface area contributed by atoms with Gasteiger partial charge in [0.15, 0.2) is 11.5 Å². The highest BCUT2D eigenvalue weighted by Gasteiger charge is 2.23. The first-order valence-corrected chi connectivity index (χ1v) is 5.96. The van der Waals surface area contributed by atoms with Gasteiger partial charge in [-0.15, -0.1) is 0 Å². The molecule has 104 valence electrons. The number of H-pyrrole nitrogens is 1. The number of hydrogen-bond acceptors (Lipinski definition) is 6. The molecule has 8 heteroatoms. The molecule has 0 aliphatic carbocycles. The van der Waals surface area contributed by atoms with Crippen LogP contribution in [0.3, 0.4) is 0 Å². The highest BCUT2D eigenvalue weighted by molar-refractivity contribution is 5.68. The van der Waals surface area contributed by atoms with E-state index in [0.717, 1.165) is 11.5 Å². The molecule has 0 atom stereocenters. The van der Waals surface area contributed by atoms with E-state index in [1.165, 1.54) is 6.07 Å². The minimum absolute atomic E-state index is 0.0505. The third kappa shape index (κ3) is 2.22. The molecule has 0 saturated carbocycles.